The number of nitrogens with one attached hydrogen (secondary N) is 1. The molecule has 0 spiro atoms. The molecule has 2 heterocycles. The predicted molar refractivity (Wildman–Crippen MR) is 82.9 cm³/mol. The van der Waals surface area contributed by atoms with E-state index in [1.54, 1.807) is 6.92 Å². The molecule has 1 N–H and O–H groups in total. The van der Waals surface area contributed by atoms with Gasteiger partial charge in [-0.25, -0.2) is 0 Å². The van der Waals surface area contributed by atoms with Crippen LogP contribution in [0.25, 0.3) is 0 Å². The van der Waals surface area contributed by atoms with Gasteiger partial charge in [0.25, 0.3) is 5.91 Å². The molecule has 3 rings (SSSR count). The number of carbonyl (C=O) groups is 3. The molecule has 2 aliphatic heterocycles. The summed E-state index contributed by atoms with van der Waals surface area (Å²) in [7, 11) is 0. The van der Waals surface area contributed by atoms with Gasteiger partial charge >= 0.3 is 0 Å². The number of aliphatic carboxylic acids is 1. The van der Waals surface area contributed by atoms with Gasteiger partial charge in [-0.3, -0.25) is 14.5 Å². The lowest BCUT2D eigenvalue weighted by molar-refractivity contribution is -0.301. The first-order valence-electron chi connectivity index (χ1n) is 7.18. The van der Waals surface area contributed by atoms with E-state index in [4.69, 9.17) is 0 Å². The van der Waals surface area contributed by atoms with Crippen molar-refractivity contribution < 1.29 is 19.5 Å². The lowest BCUT2D eigenvalue weighted by atomic mass is 10.0. The highest BCUT2D eigenvalue weighted by atomic mass is 32.2. The van der Waals surface area contributed by atoms with Crippen molar-refractivity contribution >= 4 is 29.5 Å². The Morgan fingerprint density at radius 1 is 1.35 bits per heavy atom. The molecule has 6 nitrogen and oxygen atoms in total. The summed E-state index contributed by atoms with van der Waals surface area (Å²) < 4.78 is 0. The first-order valence-corrected chi connectivity index (χ1v) is 8.23. The number of thioether (sulfide) groups is 1. The minimum atomic E-state index is -1.35. The van der Waals surface area contributed by atoms with Gasteiger partial charge in [0.2, 0.25) is 5.91 Å². The molecule has 120 valence electrons. The number of rotatable bonds is 4. The van der Waals surface area contributed by atoms with Crippen molar-refractivity contribution in [3.63, 3.8) is 0 Å². The zero-order chi connectivity index (χ0) is 16.6. The molecule has 7 heteroatoms. The maximum atomic E-state index is 12.2. The van der Waals surface area contributed by atoms with Crippen molar-refractivity contribution in [3.8, 4) is 0 Å². The third-order valence-corrected chi connectivity index (χ3v) is 5.30. The number of carboxylic acid groups (broad SMARTS) is 1. The number of hydrogen-bond acceptors (Lipinski definition) is 5. The van der Waals surface area contributed by atoms with Gasteiger partial charge in [0, 0.05) is 5.75 Å². The fourth-order valence-electron chi connectivity index (χ4n) is 2.77. The Hall–Kier alpha value is -2.28. The number of fused-ring (bicyclic) bond motifs is 1. The van der Waals surface area contributed by atoms with Crippen LogP contribution in [0.4, 0.5) is 0 Å². The number of amides is 2. The molecule has 0 aliphatic carbocycles. The van der Waals surface area contributed by atoms with Crippen LogP contribution in [0.5, 0.6) is 0 Å². The Labute approximate surface area is 137 Å². The number of hydrogen-bond donors (Lipinski definition) is 1. The molecular formula is C16H15N2O4S-. The van der Waals surface area contributed by atoms with E-state index in [9.17, 15) is 19.5 Å². The second-order valence-electron chi connectivity index (χ2n) is 5.53. The Balaban J connectivity index is 1.67. The Bertz CT molecular complexity index is 701. The average Bonchev–Trinajstić information content (AvgIpc) is 2.53. The smallest absolute Gasteiger partial charge is 0.253 e. The minimum absolute atomic E-state index is 0.0627. The molecule has 23 heavy (non-hydrogen) atoms. The Morgan fingerprint density at radius 3 is 2.70 bits per heavy atom. The van der Waals surface area contributed by atoms with Gasteiger partial charge in [-0.1, -0.05) is 30.3 Å². The number of β-lactam (4-membered cyclic amide) rings is 1. The van der Waals surface area contributed by atoms with E-state index in [2.05, 4.69) is 5.32 Å². The molecule has 1 aromatic rings. The zero-order valence-electron chi connectivity index (χ0n) is 12.4. The number of nitrogens with zero attached hydrogens (tertiary/aromatic N) is 1. The second kappa shape index (κ2) is 6.08. The maximum absolute atomic E-state index is 12.2. The molecule has 0 saturated carbocycles. The van der Waals surface area contributed by atoms with Gasteiger partial charge in [0.1, 0.15) is 11.4 Å². The van der Waals surface area contributed by atoms with Crippen LogP contribution >= 0.6 is 11.8 Å². The van der Waals surface area contributed by atoms with Crippen molar-refractivity contribution in [2.75, 3.05) is 5.75 Å². The van der Waals surface area contributed by atoms with Crippen LogP contribution in [0.2, 0.25) is 0 Å². The molecule has 2 aliphatic rings. The monoisotopic (exact) mass is 331 g/mol. The van der Waals surface area contributed by atoms with Crippen LogP contribution in [0.15, 0.2) is 41.6 Å². The van der Waals surface area contributed by atoms with E-state index in [0.29, 0.717) is 11.3 Å². The summed E-state index contributed by atoms with van der Waals surface area (Å²) in [5.74, 6) is -1.50. The molecule has 1 fully saturated rings. The van der Waals surface area contributed by atoms with Crippen molar-refractivity contribution in [2.24, 2.45) is 0 Å². The van der Waals surface area contributed by atoms with E-state index >= 15 is 0 Å². The van der Waals surface area contributed by atoms with Crippen LogP contribution in [0, 0.1) is 0 Å². The standard InChI is InChI=1S/C16H16N2O4S/c1-9-8-23-15-12(14(20)18(15)13(9)16(21)22)17-11(19)7-10-5-3-2-4-6-10/h2-6,12,15H,7-8H2,1H3,(H,17,19)(H,21,22)/p-1/t12-,15+/m0/s1. The number of carboxylic acids is 1. The van der Waals surface area contributed by atoms with Gasteiger partial charge in [0.05, 0.1) is 18.1 Å². The molecule has 0 bridgehead atoms. The third kappa shape index (κ3) is 2.84. The summed E-state index contributed by atoms with van der Waals surface area (Å²) in [6.45, 7) is 1.67. The first kappa shape index (κ1) is 15.6. The fourth-order valence-corrected chi connectivity index (χ4v) is 4.06. The quantitative estimate of drug-likeness (QED) is 0.762. The van der Waals surface area contributed by atoms with Gasteiger partial charge in [0.15, 0.2) is 0 Å². The van der Waals surface area contributed by atoms with Crippen LogP contribution in [-0.2, 0) is 20.8 Å². The van der Waals surface area contributed by atoms with Crippen molar-refractivity contribution in [1.29, 1.82) is 0 Å². The van der Waals surface area contributed by atoms with Crippen LogP contribution < -0.4 is 10.4 Å². The predicted octanol–water partition coefficient (Wildman–Crippen LogP) is -0.347. The third-order valence-electron chi connectivity index (χ3n) is 3.88. The van der Waals surface area contributed by atoms with Crippen molar-refractivity contribution in [2.45, 2.75) is 24.8 Å². The van der Waals surface area contributed by atoms with E-state index in [-0.39, 0.29) is 23.4 Å². The molecule has 1 aromatic carbocycles. The van der Waals surface area contributed by atoms with E-state index in [1.807, 2.05) is 30.3 Å². The fraction of sp³-hybridized carbons (Fsp3) is 0.312. The van der Waals surface area contributed by atoms with Crippen molar-refractivity contribution in [3.05, 3.63) is 47.2 Å². The molecule has 0 radical (unpaired) electrons. The first-order chi connectivity index (χ1) is 11.0. The molecule has 0 unspecified atom stereocenters. The largest absolute Gasteiger partial charge is 0.543 e. The maximum Gasteiger partial charge on any atom is 0.253 e. The highest BCUT2D eigenvalue weighted by Gasteiger charge is 2.52. The number of carbonyl (C=O) groups excluding carboxylic acids is 3. The SMILES string of the molecule is CC1=C(C(=O)[O-])N2C(=O)[C@H](NC(=O)Cc3ccccc3)[C@H]2SC1. The Morgan fingerprint density at radius 2 is 2.04 bits per heavy atom. The van der Waals surface area contributed by atoms with Gasteiger partial charge in [-0.05, 0) is 18.1 Å². The topological polar surface area (TPSA) is 89.5 Å². The van der Waals surface area contributed by atoms with Crippen LogP contribution in [0.1, 0.15) is 12.5 Å². The highest BCUT2D eigenvalue weighted by molar-refractivity contribution is 8.00. The van der Waals surface area contributed by atoms with Crippen LogP contribution in [-0.4, -0.2) is 39.9 Å². The normalized spacial score (nSPS) is 23.2. The highest BCUT2D eigenvalue weighted by Crippen LogP contribution is 2.39. The summed E-state index contributed by atoms with van der Waals surface area (Å²) in [5, 5.41) is 13.5. The lowest BCUT2D eigenvalue weighted by Gasteiger charge is -2.50. The van der Waals surface area contributed by atoms with Gasteiger partial charge < -0.3 is 15.2 Å². The Kier molecular flexibility index (Phi) is 4.12. The molecular weight excluding hydrogens is 316 g/mol. The summed E-state index contributed by atoms with van der Waals surface area (Å²) in [5.41, 5.74) is 1.40. The molecule has 2 amide bonds. The second-order valence-corrected chi connectivity index (χ2v) is 6.64. The summed E-state index contributed by atoms with van der Waals surface area (Å²) in [6, 6.07) is 8.54. The van der Waals surface area contributed by atoms with Crippen molar-refractivity contribution in [1.82, 2.24) is 10.2 Å². The minimum Gasteiger partial charge on any atom is -0.543 e. The van der Waals surface area contributed by atoms with Crippen LogP contribution in [0.3, 0.4) is 0 Å². The van der Waals surface area contributed by atoms with Gasteiger partial charge in [-0.2, -0.15) is 0 Å². The molecule has 2 atom stereocenters. The molecule has 1 saturated heterocycles. The summed E-state index contributed by atoms with van der Waals surface area (Å²) >= 11 is 1.44. The lowest BCUT2D eigenvalue weighted by Crippen LogP contribution is -2.71. The van der Waals surface area contributed by atoms with E-state index < -0.39 is 17.9 Å². The van der Waals surface area contributed by atoms with E-state index in [0.717, 1.165) is 5.56 Å². The van der Waals surface area contributed by atoms with E-state index in [1.165, 1.54) is 16.7 Å². The average molecular weight is 331 g/mol. The molecule has 0 aromatic heterocycles. The summed E-state index contributed by atoms with van der Waals surface area (Å²) in [4.78, 5) is 36.7. The van der Waals surface area contributed by atoms with Gasteiger partial charge in [-0.15, -0.1) is 11.8 Å². The number of benzene rings is 1. The zero-order valence-corrected chi connectivity index (χ0v) is 13.3. The summed E-state index contributed by atoms with van der Waals surface area (Å²) in [6.07, 6.45) is 0.185.